The molecule has 6 heteroatoms. The van der Waals surface area contributed by atoms with Gasteiger partial charge in [0.15, 0.2) is 0 Å². The topological polar surface area (TPSA) is 51.5 Å². The normalized spacial score (nSPS) is 15.3. The van der Waals surface area contributed by atoms with Crippen LogP contribution < -0.4 is 0 Å². The molecular formula is C17H19BrN2O3. The van der Waals surface area contributed by atoms with Crippen LogP contribution in [0.5, 0.6) is 0 Å². The van der Waals surface area contributed by atoms with Gasteiger partial charge in [0, 0.05) is 29.0 Å². The summed E-state index contributed by atoms with van der Waals surface area (Å²) in [5, 5.41) is 1.03. The quantitative estimate of drug-likeness (QED) is 0.754. The van der Waals surface area contributed by atoms with Crippen LogP contribution in [-0.2, 0) is 22.5 Å². The molecule has 0 saturated carbocycles. The largest absolute Gasteiger partial charge is 0.468 e. The maximum absolute atomic E-state index is 12.9. The monoisotopic (exact) mass is 378 g/mol. The van der Waals surface area contributed by atoms with Crippen molar-refractivity contribution in [3.05, 3.63) is 33.9 Å². The molecule has 0 atom stereocenters. The lowest BCUT2D eigenvalue weighted by Crippen LogP contribution is -2.32. The van der Waals surface area contributed by atoms with E-state index >= 15 is 0 Å². The van der Waals surface area contributed by atoms with Crippen molar-refractivity contribution in [2.45, 2.75) is 25.8 Å². The number of rotatable bonds is 2. The number of aryl methyl sites for hydroxylation is 1. The van der Waals surface area contributed by atoms with Crippen molar-refractivity contribution >= 4 is 38.7 Å². The van der Waals surface area contributed by atoms with Crippen LogP contribution in [0.4, 0.5) is 0 Å². The minimum atomic E-state index is -0.356. The number of carbonyl (C=O) groups is 2. The van der Waals surface area contributed by atoms with Crippen LogP contribution in [0.25, 0.3) is 10.9 Å². The minimum absolute atomic E-state index is 0.0316. The number of nitrogens with zero attached hydrogens (tertiary/aromatic N) is 2. The Balaban J connectivity index is 2.28. The molecule has 122 valence electrons. The Bertz CT molecular complexity index is 782. The molecule has 0 fully saturated rings. The van der Waals surface area contributed by atoms with Crippen molar-refractivity contribution < 1.29 is 14.3 Å². The summed E-state index contributed by atoms with van der Waals surface area (Å²) in [4.78, 5) is 26.5. The summed E-state index contributed by atoms with van der Waals surface area (Å²) in [6, 6.07) is 5.90. The number of esters is 1. The van der Waals surface area contributed by atoms with E-state index in [4.69, 9.17) is 4.74 Å². The van der Waals surface area contributed by atoms with Crippen LogP contribution in [0.2, 0.25) is 0 Å². The van der Waals surface area contributed by atoms with E-state index in [1.54, 1.807) is 9.47 Å². The smallest absolute Gasteiger partial charge is 0.325 e. The number of ether oxygens (including phenoxy) is 1. The molecule has 0 unspecified atom stereocenters. The van der Waals surface area contributed by atoms with Crippen molar-refractivity contribution in [2.24, 2.45) is 0 Å². The molecule has 5 nitrogen and oxygen atoms in total. The first-order valence-corrected chi connectivity index (χ1v) is 8.45. The summed E-state index contributed by atoms with van der Waals surface area (Å²) in [7, 11) is 3.18. The highest BCUT2D eigenvalue weighted by atomic mass is 79.9. The first kappa shape index (κ1) is 16.1. The lowest BCUT2D eigenvalue weighted by atomic mass is 10.0. The zero-order chi connectivity index (χ0) is 16.6. The second-order valence-electron chi connectivity index (χ2n) is 5.83. The Labute approximate surface area is 143 Å². The van der Waals surface area contributed by atoms with Gasteiger partial charge in [0.1, 0.15) is 12.2 Å². The predicted octanol–water partition coefficient (Wildman–Crippen LogP) is 2.99. The van der Waals surface area contributed by atoms with Crippen molar-refractivity contribution in [2.75, 3.05) is 20.7 Å². The van der Waals surface area contributed by atoms with Gasteiger partial charge in [-0.15, -0.1) is 0 Å². The number of halogens is 1. The number of methoxy groups -OCH3 is 1. The first-order chi connectivity index (χ1) is 11.0. The average Bonchev–Trinajstić information content (AvgIpc) is 2.81. The van der Waals surface area contributed by atoms with Gasteiger partial charge in [0.2, 0.25) is 0 Å². The molecule has 0 radical (unpaired) electrons. The molecule has 0 saturated heterocycles. The molecule has 23 heavy (non-hydrogen) atoms. The van der Waals surface area contributed by atoms with E-state index in [2.05, 4.69) is 15.9 Å². The van der Waals surface area contributed by atoms with Crippen molar-refractivity contribution in [3.8, 4) is 0 Å². The maximum Gasteiger partial charge on any atom is 0.325 e. The fourth-order valence-corrected chi connectivity index (χ4v) is 3.55. The molecule has 1 aromatic carbocycles. The van der Waals surface area contributed by atoms with Crippen molar-refractivity contribution in [1.82, 2.24) is 9.47 Å². The summed E-state index contributed by atoms with van der Waals surface area (Å²) in [6.07, 6.45) is 2.85. The molecule has 0 spiro atoms. The molecule has 2 heterocycles. The highest BCUT2D eigenvalue weighted by Crippen LogP contribution is 2.32. The van der Waals surface area contributed by atoms with E-state index in [1.807, 2.05) is 25.2 Å². The third-order valence-electron chi connectivity index (χ3n) is 4.36. The summed E-state index contributed by atoms with van der Waals surface area (Å²) >= 11 is 3.50. The molecule has 1 aliphatic heterocycles. The van der Waals surface area contributed by atoms with E-state index < -0.39 is 0 Å². The van der Waals surface area contributed by atoms with E-state index in [0.717, 1.165) is 46.7 Å². The molecule has 1 amide bonds. The number of aromatic nitrogens is 1. The molecule has 0 bridgehead atoms. The SMILES string of the molecule is COC(=O)Cn1c2c(c3cc(Br)ccc31)CCCCN(C)C2=O. The summed E-state index contributed by atoms with van der Waals surface area (Å²) in [5.74, 6) is -0.388. The molecule has 0 aliphatic carbocycles. The Hall–Kier alpha value is -1.82. The maximum atomic E-state index is 12.9. The molecule has 3 rings (SSSR count). The zero-order valence-corrected chi connectivity index (χ0v) is 14.9. The standard InChI is InChI=1S/C17H19BrN2O3/c1-19-8-4-3-5-12-13-9-11(18)6-7-14(13)20(10-15(21)23-2)16(12)17(19)22/h6-7,9H,3-5,8,10H2,1-2H3. The number of amides is 1. The van der Waals surface area contributed by atoms with Gasteiger partial charge >= 0.3 is 5.97 Å². The van der Waals surface area contributed by atoms with Gasteiger partial charge < -0.3 is 14.2 Å². The number of fused-ring (bicyclic) bond motifs is 3. The second kappa shape index (κ2) is 6.35. The van der Waals surface area contributed by atoms with Crippen molar-refractivity contribution in [1.29, 1.82) is 0 Å². The highest BCUT2D eigenvalue weighted by molar-refractivity contribution is 9.10. The lowest BCUT2D eigenvalue weighted by Gasteiger charge is -2.22. The predicted molar refractivity (Wildman–Crippen MR) is 91.6 cm³/mol. The van der Waals surface area contributed by atoms with Crippen LogP contribution >= 0.6 is 15.9 Å². The Morgan fingerprint density at radius 3 is 2.87 bits per heavy atom. The lowest BCUT2D eigenvalue weighted by molar-refractivity contribution is -0.141. The molecule has 1 aromatic heterocycles. The van der Waals surface area contributed by atoms with Crippen LogP contribution in [-0.4, -0.2) is 42.0 Å². The van der Waals surface area contributed by atoms with E-state index in [-0.39, 0.29) is 18.4 Å². The van der Waals surface area contributed by atoms with Crippen LogP contribution in [0, 0.1) is 0 Å². The second-order valence-corrected chi connectivity index (χ2v) is 6.75. The van der Waals surface area contributed by atoms with Crippen molar-refractivity contribution in [3.63, 3.8) is 0 Å². The Morgan fingerprint density at radius 2 is 2.13 bits per heavy atom. The number of hydrogen-bond acceptors (Lipinski definition) is 3. The fourth-order valence-electron chi connectivity index (χ4n) is 3.18. The Morgan fingerprint density at radius 1 is 1.35 bits per heavy atom. The van der Waals surface area contributed by atoms with Gasteiger partial charge in [-0.1, -0.05) is 15.9 Å². The van der Waals surface area contributed by atoms with E-state index in [0.29, 0.717) is 5.69 Å². The number of benzene rings is 1. The van der Waals surface area contributed by atoms with Gasteiger partial charge in [-0.05, 0) is 43.0 Å². The van der Waals surface area contributed by atoms with Gasteiger partial charge in [0.05, 0.1) is 7.11 Å². The van der Waals surface area contributed by atoms with Crippen LogP contribution in [0.1, 0.15) is 28.9 Å². The van der Waals surface area contributed by atoms with Gasteiger partial charge in [-0.2, -0.15) is 0 Å². The van der Waals surface area contributed by atoms with Crippen LogP contribution in [0.3, 0.4) is 0 Å². The molecule has 2 aromatic rings. The number of carbonyl (C=O) groups excluding carboxylic acids is 2. The summed E-state index contributed by atoms with van der Waals surface area (Å²) in [6.45, 7) is 0.783. The summed E-state index contributed by atoms with van der Waals surface area (Å²) in [5.41, 5.74) is 2.54. The van der Waals surface area contributed by atoms with E-state index in [1.165, 1.54) is 7.11 Å². The van der Waals surface area contributed by atoms with Gasteiger partial charge in [0.25, 0.3) is 5.91 Å². The third kappa shape index (κ3) is 2.87. The Kier molecular flexibility index (Phi) is 4.43. The van der Waals surface area contributed by atoms with Gasteiger partial charge in [-0.25, -0.2) is 0 Å². The minimum Gasteiger partial charge on any atom is -0.468 e. The zero-order valence-electron chi connectivity index (χ0n) is 13.3. The average molecular weight is 379 g/mol. The summed E-state index contributed by atoms with van der Waals surface area (Å²) < 4.78 is 7.57. The first-order valence-electron chi connectivity index (χ1n) is 7.66. The highest BCUT2D eigenvalue weighted by Gasteiger charge is 2.27. The van der Waals surface area contributed by atoms with Gasteiger partial charge in [-0.3, -0.25) is 9.59 Å². The van der Waals surface area contributed by atoms with Crippen LogP contribution in [0.15, 0.2) is 22.7 Å². The molecule has 1 aliphatic rings. The fraction of sp³-hybridized carbons (Fsp3) is 0.412. The van der Waals surface area contributed by atoms with E-state index in [9.17, 15) is 9.59 Å². The molecule has 0 N–H and O–H groups in total. The molecular weight excluding hydrogens is 360 g/mol. The third-order valence-corrected chi connectivity index (χ3v) is 4.86. The number of hydrogen-bond donors (Lipinski definition) is 0.